The van der Waals surface area contributed by atoms with Gasteiger partial charge in [-0.1, -0.05) is 0 Å². The van der Waals surface area contributed by atoms with Crippen LogP contribution < -0.4 is 5.32 Å². The molecule has 0 saturated heterocycles. The SMILES string of the molecule is Cc1cc(C#N)ccc1NC(C)CO. The molecule has 0 amide bonds. The van der Waals surface area contributed by atoms with Crippen LogP contribution in [0, 0.1) is 18.3 Å². The molecule has 0 aromatic heterocycles. The lowest BCUT2D eigenvalue weighted by Gasteiger charge is -2.14. The van der Waals surface area contributed by atoms with Gasteiger partial charge < -0.3 is 10.4 Å². The van der Waals surface area contributed by atoms with Gasteiger partial charge in [0, 0.05) is 11.7 Å². The highest BCUT2D eigenvalue weighted by molar-refractivity contribution is 5.54. The molecule has 3 nitrogen and oxygen atoms in total. The number of nitrogens with one attached hydrogen (secondary N) is 1. The van der Waals surface area contributed by atoms with Gasteiger partial charge in [-0.15, -0.1) is 0 Å². The maximum atomic E-state index is 8.87. The minimum Gasteiger partial charge on any atom is -0.394 e. The fraction of sp³-hybridized carbons (Fsp3) is 0.364. The molecule has 0 saturated carbocycles. The van der Waals surface area contributed by atoms with Crippen molar-refractivity contribution in [1.82, 2.24) is 0 Å². The van der Waals surface area contributed by atoms with Crippen LogP contribution >= 0.6 is 0 Å². The quantitative estimate of drug-likeness (QED) is 0.762. The molecule has 1 aromatic rings. The maximum absolute atomic E-state index is 8.87. The molecule has 0 heterocycles. The molecule has 0 radical (unpaired) electrons. The second-order valence-electron chi connectivity index (χ2n) is 3.37. The van der Waals surface area contributed by atoms with E-state index >= 15 is 0 Å². The zero-order valence-corrected chi connectivity index (χ0v) is 8.41. The first-order valence-corrected chi connectivity index (χ1v) is 4.55. The smallest absolute Gasteiger partial charge is 0.0991 e. The van der Waals surface area contributed by atoms with Crippen molar-refractivity contribution >= 4 is 5.69 Å². The summed E-state index contributed by atoms with van der Waals surface area (Å²) in [7, 11) is 0. The molecule has 1 rings (SSSR count). The summed E-state index contributed by atoms with van der Waals surface area (Å²) in [5.74, 6) is 0. The third-order valence-corrected chi connectivity index (χ3v) is 2.03. The van der Waals surface area contributed by atoms with E-state index in [1.54, 1.807) is 6.07 Å². The third-order valence-electron chi connectivity index (χ3n) is 2.03. The van der Waals surface area contributed by atoms with E-state index < -0.39 is 0 Å². The second kappa shape index (κ2) is 4.64. The predicted octanol–water partition coefficient (Wildman–Crippen LogP) is 1.66. The third kappa shape index (κ3) is 2.48. The first-order chi connectivity index (χ1) is 6.67. The summed E-state index contributed by atoms with van der Waals surface area (Å²) in [5, 5.41) is 20.7. The van der Waals surface area contributed by atoms with Crippen LogP contribution in [0.25, 0.3) is 0 Å². The van der Waals surface area contributed by atoms with Gasteiger partial charge in [-0.25, -0.2) is 0 Å². The van der Waals surface area contributed by atoms with Gasteiger partial charge in [-0.05, 0) is 37.6 Å². The van der Waals surface area contributed by atoms with Crippen LogP contribution in [0.5, 0.6) is 0 Å². The van der Waals surface area contributed by atoms with Crippen molar-refractivity contribution in [3.63, 3.8) is 0 Å². The Balaban J connectivity index is 2.85. The molecule has 1 atom stereocenters. The van der Waals surface area contributed by atoms with E-state index in [2.05, 4.69) is 11.4 Å². The number of hydrogen-bond acceptors (Lipinski definition) is 3. The Kier molecular flexibility index (Phi) is 3.49. The number of nitriles is 1. The lowest BCUT2D eigenvalue weighted by Crippen LogP contribution is -2.19. The van der Waals surface area contributed by atoms with Crippen molar-refractivity contribution in [2.75, 3.05) is 11.9 Å². The fourth-order valence-corrected chi connectivity index (χ4v) is 1.21. The summed E-state index contributed by atoms with van der Waals surface area (Å²) in [6, 6.07) is 7.56. The number of aliphatic hydroxyl groups is 1. The Morgan fingerprint density at radius 2 is 2.29 bits per heavy atom. The molecule has 0 bridgehead atoms. The highest BCUT2D eigenvalue weighted by Crippen LogP contribution is 2.16. The Morgan fingerprint density at radius 3 is 2.79 bits per heavy atom. The zero-order valence-electron chi connectivity index (χ0n) is 8.41. The summed E-state index contributed by atoms with van der Waals surface area (Å²) < 4.78 is 0. The molecular weight excluding hydrogens is 176 g/mol. The number of nitrogens with zero attached hydrogens (tertiary/aromatic N) is 1. The minimum absolute atomic E-state index is 0.0293. The van der Waals surface area contributed by atoms with Gasteiger partial charge in [-0.3, -0.25) is 0 Å². The normalized spacial score (nSPS) is 11.9. The summed E-state index contributed by atoms with van der Waals surface area (Å²) in [6.45, 7) is 3.93. The molecule has 0 spiro atoms. The molecule has 2 N–H and O–H groups in total. The molecule has 0 fully saturated rings. The molecule has 1 aromatic carbocycles. The molecule has 74 valence electrons. The zero-order chi connectivity index (χ0) is 10.6. The van der Waals surface area contributed by atoms with Gasteiger partial charge in [0.2, 0.25) is 0 Å². The predicted molar refractivity (Wildman–Crippen MR) is 56.1 cm³/mol. The van der Waals surface area contributed by atoms with Crippen molar-refractivity contribution in [3.8, 4) is 6.07 Å². The maximum Gasteiger partial charge on any atom is 0.0991 e. The van der Waals surface area contributed by atoms with Gasteiger partial charge in [0.05, 0.1) is 18.2 Å². The molecular formula is C11H14N2O. The van der Waals surface area contributed by atoms with Crippen LogP contribution in [-0.4, -0.2) is 17.8 Å². The van der Waals surface area contributed by atoms with Crippen LogP contribution in [-0.2, 0) is 0 Å². The number of benzene rings is 1. The molecule has 0 aliphatic carbocycles. The summed E-state index contributed by atoms with van der Waals surface area (Å²) in [4.78, 5) is 0. The molecule has 3 heteroatoms. The lowest BCUT2D eigenvalue weighted by atomic mass is 10.1. The monoisotopic (exact) mass is 190 g/mol. The van der Waals surface area contributed by atoms with Crippen molar-refractivity contribution in [3.05, 3.63) is 29.3 Å². The van der Waals surface area contributed by atoms with Crippen LogP contribution in [0.2, 0.25) is 0 Å². The summed E-state index contributed by atoms with van der Waals surface area (Å²) in [6.07, 6.45) is 0. The molecule has 1 unspecified atom stereocenters. The van der Waals surface area contributed by atoms with E-state index in [0.717, 1.165) is 11.3 Å². The summed E-state index contributed by atoms with van der Waals surface area (Å²) in [5.41, 5.74) is 2.64. The number of aliphatic hydroxyl groups excluding tert-OH is 1. The molecule has 0 aliphatic rings. The van der Waals surface area contributed by atoms with Crippen LogP contribution in [0.3, 0.4) is 0 Å². The topological polar surface area (TPSA) is 56.0 Å². The molecule has 14 heavy (non-hydrogen) atoms. The van der Waals surface area contributed by atoms with Crippen molar-refractivity contribution in [2.45, 2.75) is 19.9 Å². The van der Waals surface area contributed by atoms with E-state index in [1.807, 2.05) is 26.0 Å². The molecule has 0 aliphatic heterocycles. The van der Waals surface area contributed by atoms with E-state index in [9.17, 15) is 0 Å². The van der Waals surface area contributed by atoms with Gasteiger partial charge >= 0.3 is 0 Å². The van der Waals surface area contributed by atoms with E-state index in [4.69, 9.17) is 10.4 Å². The Morgan fingerprint density at radius 1 is 1.57 bits per heavy atom. The van der Waals surface area contributed by atoms with Crippen LogP contribution in [0.4, 0.5) is 5.69 Å². The average Bonchev–Trinajstić information content (AvgIpc) is 2.20. The number of hydrogen-bond donors (Lipinski definition) is 2. The van der Waals surface area contributed by atoms with E-state index in [-0.39, 0.29) is 12.6 Å². The van der Waals surface area contributed by atoms with Gasteiger partial charge in [-0.2, -0.15) is 5.26 Å². The number of rotatable bonds is 3. The Bertz CT molecular complexity index is 355. The number of aryl methyl sites for hydroxylation is 1. The van der Waals surface area contributed by atoms with Crippen LogP contribution in [0.1, 0.15) is 18.1 Å². The standard InChI is InChI=1S/C11H14N2O/c1-8-5-10(6-12)3-4-11(8)13-9(2)7-14/h3-5,9,13-14H,7H2,1-2H3. The van der Waals surface area contributed by atoms with Crippen molar-refractivity contribution in [1.29, 1.82) is 5.26 Å². The second-order valence-corrected chi connectivity index (χ2v) is 3.37. The average molecular weight is 190 g/mol. The van der Waals surface area contributed by atoms with Gasteiger partial charge in [0.25, 0.3) is 0 Å². The summed E-state index contributed by atoms with van der Waals surface area (Å²) >= 11 is 0. The fourth-order valence-electron chi connectivity index (χ4n) is 1.21. The highest BCUT2D eigenvalue weighted by atomic mass is 16.3. The highest BCUT2D eigenvalue weighted by Gasteiger charge is 2.03. The van der Waals surface area contributed by atoms with Crippen molar-refractivity contribution < 1.29 is 5.11 Å². The van der Waals surface area contributed by atoms with Gasteiger partial charge in [0.1, 0.15) is 0 Å². The minimum atomic E-state index is 0.0293. The first kappa shape index (κ1) is 10.6. The van der Waals surface area contributed by atoms with E-state index in [1.165, 1.54) is 0 Å². The first-order valence-electron chi connectivity index (χ1n) is 4.55. The van der Waals surface area contributed by atoms with Crippen LogP contribution in [0.15, 0.2) is 18.2 Å². The van der Waals surface area contributed by atoms with Gasteiger partial charge in [0.15, 0.2) is 0 Å². The van der Waals surface area contributed by atoms with Crippen molar-refractivity contribution in [2.24, 2.45) is 0 Å². The Labute approximate surface area is 84.0 Å². The number of anilines is 1. The lowest BCUT2D eigenvalue weighted by molar-refractivity contribution is 0.281. The Hall–Kier alpha value is -1.53. The van der Waals surface area contributed by atoms with E-state index in [0.29, 0.717) is 5.56 Å². The largest absolute Gasteiger partial charge is 0.394 e.